The molecule has 7 heteroatoms. The summed E-state index contributed by atoms with van der Waals surface area (Å²) in [6.45, 7) is 1.86. The minimum Gasteiger partial charge on any atom is -0.487 e. The van der Waals surface area contributed by atoms with Crippen LogP contribution in [0.4, 0.5) is 4.39 Å². The molecule has 1 heterocycles. The van der Waals surface area contributed by atoms with Gasteiger partial charge in [-0.05, 0) is 59.9 Å². The standard InChI is InChI=1S/C28H27ClFNO4/c1-28(16-21-6-2-3-8-24(21)30)17-22-13-20(9-10-25(22)35-28)15-26(32)31(18-27(33)34)12-11-19-5-4-7-23(29)14-19/h2-10,13-14H,11-12,15-18H2,1H3,(H,33,34)/t28-/m0/s1. The Hall–Kier alpha value is -3.38. The Bertz CT molecular complexity index is 1250. The van der Waals surface area contributed by atoms with Crippen LogP contribution in [0.3, 0.4) is 0 Å². The van der Waals surface area contributed by atoms with Crippen LogP contribution in [0.5, 0.6) is 5.75 Å². The van der Waals surface area contributed by atoms with E-state index in [9.17, 15) is 19.1 Å². The molecule has 182 valence electrons. The van der Waals surface area contributed by atoms with Crippen LogP contribution in [0.2, 0.25) is 5.02 Å². The monoisotopic (exact) mass is 495 g/mol. The maximum atomic E-state index is 14.2. The number of carboxylic acids is 1. The normalized spacial score (nSPS) is 16.4. The number of ether oxygens (including phenoxy) is 1. The molecule has 0 bridgehead atoms. The molecule has 1 aliphatic rings. The Morgan fingerprint density at radius 3 is 2.63 bits per heavy atom. The van der Waals surface area contributed by atoms with E-state index >= 15 is 0 Å². The van der Waals surface area contributed by atoms with Crippen molar-refractivity contribution in [1.82, 2.24) is 4.90 Å². The van der Waals surface area contributed by atoms with Crippen molar-refractivity contribution in [2.75, 3.05) is 13.1 Å². The topological polar surface area (TPSA) is 66.8 Å². The predicted octanol–water partition coefficient (Wildman–Crippen LogP) is 5.11. The Balaban J connectivity index is 1.42. The summed E-state index contributed by atoms with van der Waals surface area (Å²) < 4.78 is 20.3. The van der Waals surface area contributed by atoms with Crippen molar-refractivity contribution >= 4 is 23.5 Å². The van der Waals surface area contributed by atoms with Crippen LogP contribution in [-0.2, 0) is 35.3 Å². The molecule has 5 nitrogen and oxygen atoms in total. The molecule has 0 saturated heterocycles. The number of halogens is 2. The molecule has 3 aromatic rings. The SMILES string of the molecule is C[C@]1(Cc2ccccc2F)Cc2cc(CC(=O)N(CCc3cccc(Cl)c3)CC(=O)O)ccc2O1. The van der Waals surface area contributed by atoms with E-state index in [1.54, 1.807) is 18.2 Å². The number of fused-ring (bicyclic) bond motifs is 1. The molecule has 35 heavy (non-hydrogen) atoms. The van der Waals surface area contributed by atoms with Crippen molar-refractivity contribution in [2.24, 2.45) is 0 Å². The van der Waals surface area contributed by atoms with E-state index in [4.69, 9.17) is 16.3 Å². The van der Waals surface area contributed by atoms with Crippen molar-refractivity contribution in [1.29, 1.82) is 0 Å². The van der Waals surface area contributed by atoms with E-state index in [1.807, 2.05) is 49.4 Å². The van der Waals surface area contributed by atoms with Gasteiger partial charge in [0.15, 0.2) is 0 Å². The van der Waals surface area contributed by atoms with Crippen molar-refractivity contribution in [3.05, 3.63) is 99.8 Å². The summed E-state index contributed by atoms with van der Waals surface area (Å²) >= 11 is 6.03. The van der Waals surface area contributed by atoms with Crippen LogP contribution in [0.25, 0.3) is 0 Å². The highest BCUT2D eigenvalue weighted by atomic mass is 35.5. The second-order valence-corrected chi connectivity index (χ2v) is 9.64. The summed E-state index contributed by atoms with van der Waals surface area (Å²) in [7, 11) is 0. The van der Waals surface area contributed by atoms with E-state index in [0.717, 1.165) is 22.4 Å². The second kappa shape index (κ2) is 10.5. The van der Waals surface area contributed by atoms with Gasteiger partial charge in [-0.25, -0.2) is 4.39 Å². The third-order valence-corrected chi connectivity index (χ3v) is 6.40. The Morgan fingerprint density at radius 2 is 1.89 bits per heavy atom. The third kappa shape index (κ3) is 6.40. The van der Waals surface area contributed by atoms with E-state index in [0.29, 0.717) is 29.8 Å². The Morgan fingerprint density at radius 1 is 1.09 bits per heavy atom. The zero-order valence-corrected chi connectivity index (χ0v) is 20.2. The lowest BCUT2D eigenvalue weighted by Crippen LogP contribution is -2.38. The van der Waals surface area contributed by atoms with Gasteiger partial charge in [-0.15, -0.1) is 0 Å². The Labute approximate surface area is 209 Å². The number of hydrogen-bond donors (Lipinski definition) is 1. The maximum absolute atomic E-state index is 14.2. The summed E-state index contributed by atoms with van der Waals surface area (Å²) in [6.07, 6.45) is 1.61. The number of carboxylic acid groups (broad SMARTS) is 1. The quantitative estimate of drug-likeness (QED) is 0.448. The van der Waals surface area contributed by atoms with Crippen LogP contribution in [-0.4, -0.2) is 40.6 Å². The van der Waals surface area contributed by atoms with Crippen LogP contribution in [0, 0.1) is 5.82 Å². The fraction of sp³-hybridized carbons (Fsp3) is 0.286. The molecule has 0 radical (unpaired) electrons. The summed E-state index contributed by atoms with van der Waals surface area (Å²) in [5, 5.41) is 9.91. The number of hydrogen-bond acceptors (Lipinski definition) is 3. The van der Waals surface area contributed by atoms with Crippen LogP contribution < -0.4 is 4.74 Å². The van der Waals surface area contributed by atoms with Crippen molar-refractivity contribution < 1.29 is 23.8 Å². The van der Waals surface area contributed by atoms with Gasteiger partial charge in [0.25, 0.3) is 0 Å². The number of rotatable bonds is 9. The summed E-state index contributed by atoms with van der Waals surface area (Å²) in [5.41, 5.74) is 2.69. The zero-order chi connectivity index (χ0) is 25.0. The minimum atomic E-state index is -1.06. The number of nitrogens with zero attached hydrogens (tertiary/aromatic N) is 1. The molecule has 1 atom stereocenters. The molecular weight excluding hydrogens is 469 g/mol. The largest absolute Gasteiger partial charge is 0.487 e. The summed E-state index contributed by atoms with van der Waals surface area (Å²) in [6, 6.07) is 19.6. The molecule has 1 amide bonds. The van der Waals surface area contributed by atoms with E-state index in [1.165, 1.54) is 11.0 Å². The average Bonchev–Trinajstić information content (AvgIpc) is 3.13. The average molecular weight is 496 g/mol. The van der Waals surface area contributed by atoms with Gasteiger partial charge >= 0.3 is 5.97 Å². The molecule has 0 saturated carbocycles. The molecule has 0 unspecified atom stereocenters. The summed E-state index contributed by atoms with van der Waals surface area (Å²) in [5.74, 6) is -0.850. The van der Waals surface area contributed by atoms with E-state index in [2.05, 4.69) is 0 Å². The molecule has 0 aliphatic carbocycles. The van der Waals surface area contributed by atoms with Gasteiger partial charge in [-0.3, -0.25) is 9.59 Å². The van der Waals surface area contributed by atoms with Crippen molar-refractivity contribution in [3.63, 3.8) is 0 Å². The highest BCUT2D eigenvalue weighted by Crippen LogP contribution is 2.38. The van der Waals surface area contributed by atoms with Gasteiger partial charge < -0.3 is 14.7 Å². The highest BCUT2D eigenvalue weighted by molar-refractivity contribution is 6.30. The first kappa shape index (κ1) is 24.7. The first-order valence-electron chi connectivity index (χ1n) is 11.5. The molecule has 1 N–H and O–H groups in total. The fourth-order valence-corrected chi connectivity index (χ4v) is 4.74. The molecule has 3 aromatic carbocycles. The smallest absolute Gasteiger partial charge is 0.323 e. The number of amides is 1. The first-order valence-corrected chi connectivity index (χ1v) is 11.9. The molecule has 0 fully saturated rings. The zero-order valence-electron chi connectivity index (χ0n) is 19.5. The van der Waals surface area contributed by atoms with Gasteiger partial charge in [0, 0.05) is 24.4 Å². The third-order valence-electron chi connectivity index (χ3n) is 6.16. The molecule has 4 rings (SSSR count). The molecule has 0 spiro atoms. The van der Waals surface area contributed by atoms with E-state index < -0.39 is 11.6 Å². The lowest BCUT2D eigenvalue weighted by Gasteiger charge is -2.24. The molecule has 0 aromatic heterocycles. The number of benzene rings is 3. The van der Waals surface area contributed by atoms with Crippen molar-refractivity contribution in [3.8, 4) is 5.75 Å². The second-order valence-electron chi connectivity index (χ2n) is 9.20. The van der Waals surface area contributed by atoms with Gasteiger partial charge in [0.2, 0.25) is 5.91 Å². The number of carbonyl (C=O) groups excluding carboxylic acids is 1. The van der Waals surface area contributed by atoms with E-state index in [-0.39, 0.29) is 31.2 Å². The van der Waals surface area contributed by atoms with Gasteiger partial charge in [-0.2, -0.15) is 0 Å². The number of carbonyl (C=O) groups is 2. The molecular formula is C28H27ClFNO4. The Kier molecular flexibility index (Phi) is 7.41. The van der Waals surface area contributed by atoms with Gasteiger partial charge in [0.05, 0.1) is 6.42 Å². The van der Waals surface area contributed by atoms with Gasteiger partial charge in [-0.1, -0.05) is 54.1 Å². The van der Waals surface area contributed by atoms with Crippen LogP contribution >= 0.6 is 11.6 Å². The van der Waals surface area contributed by atoms with Crippen LogP contribution in [0.1, 0.15) is 29.2 Å². The highest BCUT2D eigenvalue weighted by Gasteiger charge is 2.35. The van der Waals surface area contributed by atoms with Crippen molar-refractivity contribution in [2.45, 2.75) is 38.2 Å². The fourth-order valence-electron chi connectivity index (χ4n) is 4.53. The predicted molar refractivity (Wildman–Crippen MR) is 132 cm³/mol. The minimum absolute atomic E-state index is 0.0835. The summed E-state index contributed by atoms with van der Waals surface area (Å²) in [4.78, 5) is 25.7. The van der Waals surface area contributed by atoms with Gasteiger partial charge in [0.1, 0.15) is 23.7 Å². The lowest BCUT2D eigenvalue weighted by molar-refractivity contribution is -0.144. The lowest BCUT2D eigenvalue weighted by atomic mass is 9.91. The number of aliphatic carboxylic acids is 1. The maximum Gasteiger partial charge on any atom is 0.323 e. The first-order chi connectivity index (χ1) is 16.7. The molecule has 1 aliphatic heterocycles. The van der Waals surface area contributed by atoms with Crippen LogP contribution in [0.15, 0.2) is 66.7 Å².